The number of aromatic nitrogens is 3. The molecule has 1 N–H and O–H groups in total. The van der Waals surface area contributed by atoms with Gasteiger partial charge in [0, 0.05) is 42.2 Å². The minimum Gasteiger partial charge on any atom is -0.343 e. The van der Waals surface area contributed by atoms with E-state index in [9.17, 15) is 9.59 Å². The number of pyridine rings is 1. The first kappa shape index (κ1) is 16.9. The van der Waals surface area contributed by atoms with Crippen LogP contribution in [0.15, 0.2) is 53.3 Å². The van der Waals surface area contributed by atoms with Gasteiger partial charge in [0.05, 0.1) is 6.54 Å². The van der Waals surface area contributed by atoms with Crippen LogP contribution in [0.3, 0.4) is 0 Å². The fourth-order valence-corrected chi connectivity index (χ4v) is 2.94. The molecule has 8 nitrogen and oxygen atoms in total. The fourth-order valence-electron chi connectivity index (χ4n) is 2.94. The summed E-state index contributed by atoms with van der Waals surface area (Å²) in [5.74, 6) is 0.562. The third kappa shape index (κ3) is 3.69. The maximum atomic E-state index is 12.4. The summed E-state index contributed by atoms with van der Waals surface area (Å²) in [6, 6.07) is 10.6. The predicted octanol–water partition coefficient (Wildman–Crippen LogP) is 2.19. The highest BCUT2D eigenvalue weighted by Crippen LogP contribution is 2.22. The summed E-state index contributed by atoms with van der Waals surface area (Å²) in [7, 11) is 0. The van der Waals surface area contributed by atoms with Gasteiger partial charge in [0.15, 0.2) is 0 Å². The highest BCUT2D eigenvalue weighted by Gasteiger charge is 2.22. The summed E-state index contributed by atoms with van der Waals surface area (Å²) in [5.41, 5.74) is 2.00. The Labute approximate surface area is 155 Å². The molecule has 1 aliphatic rings. The number of rotatable bonds is 5. The third-order valence-corrected chi connectivity index (χ3v) is 4.30. The van der Waals surface area contributed by atoms with Crippen molar-refractivity contribution in [3.05, 3.63) is 60.2 Å². The number of carbonyl (C=O) groups is 2. The van der Waals surface area contributed by atoms with Gasteiger partial charge in [-0.2, -0.15) is 4.98 Å². The van der Waals surface area contributed by atoms with Gasteiger partial charge in [-0.3, -0.25) is 14.6 Å². The Morgan fingerprint density at radius 3 is 2.85 bits per heavy atom. The Kier molecular flexibility index (Phi) is 4.61. The van der Waals surface area contributed by atoms with E-state index in [4.69, 9.17) is 4.52 Å². The second-order valence-electron chi connectivity index (χ2n) is 6.13. The molecule has 1 aliphatic heterocycles. The molecule has 0 unspecified atom stereocenters. The maximum Gasteiger partial charge on any atom is 0.251 e. The predicted molar refractivity (Wildman–Crippen MR) is 96.7 cm³/mol. The number of anilines is 1. The van der Waals surface area contributed by atoms with E-state index >= 15 is 0 Å². The third-order valence-electron chi connectivity index (χ3n) is 4.30. The van der Waals surface area contributed by atoms with E-state index in [0.717, 1.165) is 17.7 Å². The highest BCUT2D eigenvalue weighted by atomic mass is 16.5. The van der Waals surface area contributed by atoms with Crippen LogP contribution < -0.4 is 10.2 Å². The molecule has 3 aromatic rings. The first-order valence-corrected chi connectivity index (χ1v) is 8.62. The number of benzene rings is 1. The van der Waals surface area contributed by atoms with Crippen LogP contribution in [0.4, 0.5) is 5.69 Å². The molecular formula is C19H17N5O3. The summed E-state index contributed by atoms with van der Waals surface area (Å²) in [6.07, 6.45) is 4.68. The first-order chi connectivity index (χ1) is 13.2. The van der Waals surface area contributed by atoms with E-state index in [2.05, 4.69) is 20.4 Å². The van der Waals surface area contributed by atoms with Crippen molar-refractivity contribution in [2.24, 2.45) is 0 Å². The topological polar surface area (TPSA) is 101 Å². The Morgan fingerprint density at radius 1 is 1.22 bits per heavy atom. The van der Waals surface area contributed by atoms with Crippen LogP contribution in [0.5, 0.6) is 0 Å². The van der Waals surface area contributed by atoms with Crippen LogP contribution in [-0.2, 0) is 11.3 Å². The molecule has 2 aromatic heterocycles. The summed E-state index contributed by atoms with van der Waals surface area (Å²) in [4.78, 5) is 34.2. The van der Waals surface area contributed by atoms with Crippen LogP contribution in [0, 0.1) is 0 Å². The van der Waals surface area contributed by atoms with E-state index in [-0.39, 0.29) is 18.4 Å². The van der Waals surface area contributed by atoms with Crippen molar-refractivity contribution in [2.45, 2.75) is 19.4 Å². The number of hydrogen-bond donors (Lipinski definition) is 1. The van der Waals surface area contributed by atoms with Crippen molar-refractivity contribution in [1.29, 1.82) is 0 Å². The SMILES string of the molecule is O=C(NCc1nc(-c2ccncc2)no1)c1cccc(N2CCCC2=O)c1. The minimum atomic E-state index is -0.271. The van der Waals surface area contributed by atoms with Crippen molar-refractivity contribution in [1.82, 2.24) is 20.4 Å². The van der Waals surface area contributed by atoms with Gasteiger partial charge < -0.3 is 14.7 Å². The molecule has 1 saturated heterocycles. The molecule has 136 valence electrons. The second-order valence-corrected chi connectivity index (χ2v) is 6.13. The Balaban J connectivity index is 1.41. The average molecular weight is 363 g/mol. The summed E-state index contributed by atoms with van der Waals surface area (Å²) < 4.78 is 5.18. The molecular weight excluding hydrogens is 346 g/mol. The normalized spacial score (nSPS) is 13.8. The lowest BCUT2D eigenvalue weighted by Gasteiger charge is -2.16. The van der Waals surface area contributed by atoms with E-state index in [1.165, 1.54) is 0 Å². The molecule has 27 heavy (non-hydrogen) atoms. The zero-order valence-corrected chi connectivity index (χ0v) is 14.5. The molecule has 8 heteroatoms. The van der Waals surface area contributed by atoms with Gasteiger partial charge in [-0.05, 0) is 36.8 Å². The van der Waals surface area contributed by atoms with Gasteiger partial charge in [0.25, 0.3) is 5.91 Å². The van der Waals surface area contributed by atoms with Crippen molar-refractivity contribution >= 4 is 17.5 Å². The zero-order chi connectivity index (χ0) is 18.6. The number of hydrogen-bond acceptors (Lipinski definition) is 6. The maximum absolute atomic E-state index is 12.4. The molecule has 4 rings (SSSR count). The first-order valence-electron chi connectivity index (χ1n) is 8.62. The Bertz CT molecular complexity index is 970. The second kappa shape index (κ2) is 7.36. The van der Waals surface area contributed by atoms with Crippen molar-refractivity contribution in [3.8, 4) is 11.4 Å². The summed E-state index contributed by atoms with van der Waals surface area (Å²) >= 11 is 0. The van der Waals surface area contributed by atoms with Gasteiger partial charge in [-0.1, -0.05) is 11.2 Å². The number of nitrogens with one attached hydrogen (secondary N) is 1. The van der Waals surface area contributed by atoms with Crippen molar-refractivity contribution < 1.29 is 14.1 Å². The van der Waals surface area contributed by atoms with E-state index < -0.39 is 0 Å². The molecule has 1 aromatic carbocycles. The van der Waals surface area contributed by atoms with Crippen molar-refractivity contribution in [2.75, 3.05) is 11.4 Å². The van der Waals surface area contributed by atoms with E-state index in [0.29, 0.717) is 30.2 Å². The Hall–Kier alpha value is -3.55. The summed E-state index contributed by atoms with van der Waals surface area (Å²) in [6.45, 7) is 0.799. The fraction of sp³-hybridized carbons (Fsp3) is 0.211. The summed E-state index contributed by atoms with van der Waals surface area (Å²) in [5, 5.41) is 6.66. The zero-order valence-electron chi connectivity index (χ0n) is 14.5. The molecule has 1 fully saturated rings. The van der Waals surface area contributed by atoms with Crippen LogP contribution in [0.2, 0.25) is 0 Å². The standard InChI is InChI=1S/C19H17N5O3/c25-17-5-2-10-24(17)15-4-1-3-14(11-15)19(26)21-12-16-22-18(23-27-16)13-6-8-20-9-7-13/h1,3-4,6-9,11H,2,5,10,12H2,(H,21,26). The molecule has 0 aliphatic carbocycles. The smallest absolute Gasteiger partial charge is 0.251 e. The molecule has 0 radical (unpaired) electrons. The monoisotopic (exact) mass is 363 g/mol. The molecule has 0 spiro atoms. The van der Waals surface area contributed by atoms with E-state index in [1.54, 1.807) is 47.6 Å². The number of amides is 2. The van der Waals surface area contributed by atoms with Crippen LogP contribution in [-0.4, -0.2) is 33.5 Å². The highest BCUT2D eigenvalue weighted by molar-refractivity contribution is 5.99. The van der Waals surface area contributed by atoms with Crippen LogP contribution in [0.1, 0.15) is 29.1 Å². The van der Waals surface area contributed by atoms with Gasteiger partial charge in [0.1, 0.15) is 0 Å². The van der Waals surface area contributed by atoms with Crippen LogP contribution in [0.25, 0.3) is 11.4 Å². The Morgan fingerprint density at radius 2 is 2.07 bits per heavy atom. The minimum absolute atomic E-state index is 0.0852. The quantitative estimate of drug-likeness (QED) is 0.746. The molecule has 0 saturated carbocycles. The lowest BCUT2D eigenvalue weighted by molar-refractivity contribution is -0.117. The van der Waals surface area contributed by atoms with Gasteiger partial charge in [-0.15, -0.1) is 0 Å². The molecule has 2 amide bonds. The van der Waals surface area contributed by atoms with Gasteiger partial charge in [-0.25, -0.2) is 0 Å². The largest absolute Gasteiger partial charge is 0.343 e. The lowest BCUT2D eigenvalue weighted by Crippen LogP contribution is -2.25. The van der Waals surface area contributed by atoms with Gasteiger partial charge in [0.2, 0.25) is 17.6 Å². The average Bonchev–Trinajstić information content (AvgIpc) is 3.36. The van der Waals surface area contributed by atoms with Gasteiger partial charge >= 0.3 is 0 Å². The molecule has 0 atom stereocenters. The van der Waals surface area contributed by atoms with Crippen LogP contribution >= 0.6 is 0 Å². The lowest BCUT2D eigenvalue weighted by atomic mass is 10.1. The number of carbonyl (C=O) groups excluding carboxylic acids is 2. The molecule has 0 bridgehead atoms. The molecule has 3 heterocycles. The van der Waals surface area contributed by atoms with Crippen molar-refractivity contribution in [3.63, 3.8) is 0 Å². The number of nitrogens with zero attached hydrogens (tertiary/aromatic N) is 4. The van der Waals surface area contributed by atoms with E-state index in [1.807, 2.05) is 6.07 Å².